The van der Waals surface area contributed by atoms with Gasteiger partial charge in [-0.15, -0.1) is 0 Å². The predicted octanol–water partition coefficient (Wildman–Crippen LogP) is 15.3. The Bertz CT molecular complexity index is 3370. The molecule has 0 atom stereocenters. The zero-order chi connectivity index (χ0) is 46.5. The second-order valence-electron chi connectivity index (χ2n) is 20.6. The lowest BCUT2D eigenvalue weighted by atomic mass is 9.78. The van der Waals surface area contributed by atoms with Crippen molar-refractivity contribution in [2.24, 2.45) is 0 Å². The fourth-order valence-corrected chi connectivity index (χ4v) is 9.41. The highest BCUT2D eigenvalue weighted by atomic mass is 16.5. The van der Waals surface area contributed by atoms with E-state index in [0.717, 1.165) is 68.2 Å². The molecule has 0 amide bonds. The van der Waals surface area contributed by atoms with Crippen molar-refractivity contribution < 1.29 is 9.30 Å². The summed E-state index contributed by atoms with van der Waals surface area (Å²) < 4.78 is 13.2. The fraction of sp³-hybridized carbons (Fsp3) is 0.194. The number of rotatable bonds is 10. The molecule has 0 spiro atoms. The van der Waals surface area contributed by atoms with Gasteiger partial charge in [0.05, 0.1) is 22.4 Å². The lowest BCUT2D eigenvalue weighted by molar-refractivity contribution is -0.598. The van der Waals surface area contributed by atoms with Crippen molar-refractivity contribution in [3.8, 4) is 50.9 Å². The van der Waals surface area contributed by atoms with Crippen LogP contribution in [0.2, 0.25) is 0 Å². The van der Waals surface area contributed by atoms with Crippen molar-refractivity contribution in [3.63, 3.8) is 0 Å². The third-order valence-corrected chi connectivity index (χ3v) is 13.1. The molecule has 0 fully saturated rings. The summed E-state index contributed by atoms with van der Waals surface area (Å²) in [6.07, 6.45) is 10.7. The summed E-state index contributed by atoms with van der Waals surface area (Å²) in [5, 5.41) is 2.32. The highest BCUT2D eigenvalue weighted by molar-refractivity contribution is 6.09. The summed E-state index contributed by atoms with van der Waals surface area (Å²) in [5.74, 6) is 2.36. The van der Waals surface area contributed by atoms with Crippen LogP contribution < -0.4 is 9.30 Å². The number of pyridine rings is 1. The maximum atomic E-state index is 6.73. The first kappa shape index (κ1) is 43.4. The number of nitrogens with zero attached hydrogens (tertiary/aromatic N) is 4. The smallest absolute Gasteiger partial charge is 0.268 e. The average molecular weight is 875 g/mol. The number of benzene rings is 7. The Balaban J connectivity index is 1.01. The van der Waals surface area contributed by atoms with Gasteiger partial charge in [0.1, 0.15) is 17.3 Å². The van der Waals surface area contributed by atoms with Crippen LogP contribution in [0.4, 0.5) is 0 Å². The molecule has 0 bridgehead atoms. The molecule has 0 N–H and O–H groups in total. The van der Waals surface area contributed by atoms with Gasteiger partial charge in [-0.3, -0.25) is 13.7 Å². The Morgan fingerprint density at radius 3 is 1.91 bits per heavy atom. The van der Waals surface area contributed by atoms with E-state index in [2.05, 4.69) is 247 Å². The van der Waals surface area contributed by atoms with Crippen molar-refractivity contribution in [3.05, 3.63) is 223 Å². The van der Waals surface area contributed by atoms with Gasteiger partial charge in [0.15, 0.2) is 0 Å². The molecule has 0 unspecified atom stereocenters. The Hall–Kier alpha value is -7.50. The molecule has 0 aliphatic carbocycles. The molecule has 10 rings (SSSR count). The molecule has 67 heavy (non-hydrogen) atoms. The molecule has 5 nitrogen and oxygen atoms in total. The molecule has 10 aromatic rings. The first-order chi connectivity index (χ1) is 32.2. The predicted molar refractivity (Wildman–Crippen MR) is 276 cm³/mol. The third kappa shape index (κ3) is 8.70. The topological polar surface area (TPSA) is 35.9 Å². The molecule has 5 heteroatoms. The summed E-state index contributed by atoms with van der Waals surface area (Å²) in [6, 6.07) is 62.7. The van der Waals surface area contributed by atoms with Gasteiger partial charge in [0, 0.05) is 35.4 Å². The SMILES string of the molecule is CC(C)(C)c1cc(-c2cccc(-c3ccccc3)c2-[n+]2[c-]n(-c3cccc(Oc4ccc5c6ccccc6n(-c6cc(CC(C)(C)c7ccccc7)ccn6)c5c4)c3)cc2)cc(C(C)(C)C)c1. The number of imidazole rings is 1. The van der Waals surface area contributed by atoms with Gasteiger partial charge in [0.2, 0.25) is 0 Å². The minimum Gasteiger partial charge on any atom is -0.458 e. The summed E-state index contributed by atoms with van der Waals surface area (Å²) >= 11 is 0. The highest BCUT2D eigenvalue weighted by Crippen LogP contribution is 2.39. The summed E-state index contributed by atoms with van der Waals surface area (Å²) in [6.45, 7) is 18.4. The van der Waals surface area contributed by atoms with E-state index in [0.29, 0.717) is 0 Å². The van der Waals surface area contributed by atoms with Crippen molar-refractivity contribution in [1.82, 2.24) is 14.1 Å². The fourth-order valence-electron chi connectivity index (χ4n) is 9.41. The van der Waals surface area contributed by atoms with Crippen LogP contribution in [0.3, 0.4) is 0 Å². The van der Waals surface area contributed by atoms with Gasteiger partial charge in [-0.2, -0.15) is 0 Å². The monoisotopic (exact) mass is 874 g/mol. The summed E-state index contributed by atoms with van der Waals surface area (Å²) in [5.41, 5.74) is 13.9. The summed E-state index contributed by atoms with van der Waals surface area (Å²) in [4.78, 5) is 4.95. The normalized spacial score (nSPS) is 12.2. The lowest BCUT2D eigenvalue weighted by Crippen LogP contribution is -2.30. The van der Waals surface area contributed by atoms with Crippen LogP contribution in [0.1, 0.15) is 77.6 Å². The molecule has 0 saturated carbocycles. The van der Waals surface area contributed by atoms with E-state index in [4.69, 9.17) is 9.72 Å². The van der Waals surface area contributed by atoms with Crippen molar-refractivity contribution in [2.45, 2.75) is 78.1 Å². The van der Waals surface area contributed by atoms with E-state index >= 15 is 0 Å². The molecule has 332 valence electrons. The van der Waals surface area contributed by atoms with E-state index in [-0.39, 0.29) is 16.2 Å². The van der Waals surface area contributed by atoms with Gasteiger partial charge in [0.25, 0.3) is 6.33 Å². The number of aromatic nitrogens is 4. The number of hydrogen-bond donors (Lipinski definition) is 0. The van der Waals surface area contributed by atoms with Crippen molar-refractivity contribution in [2.75, 3.05) is 0 Å². The molecule has 3 aromatic heterocycles. The Kier molecular flexibility index (Phi) is 11.0. The van der Waals surface area contributed by atoms with Crippen LogP contribution in [0.15, 0.2) is 195 Å². The van der Waals surface area contributed by atoms with Crippen LogP contribution in [0.5, 0.6) is 11.5 Å². The van der Waals surface area contributed by atoms with E-state index < -0.39 is 0 Å². The third-order valence-electron chi connectivity index (χ3n) is 13.1. The number of ether oxygens (including phenoxy) is 1. The number of para-hydroxylation sites is 2. The molecule has 3 heterocycles. The van der Waals surface area contributed by atoms with Crippen LogP contribution in [0.25, 0.3) is 61.3 Å². The first-order valence-electron chi connectivity index (χ1n) is 23.4. The molecule has 0 radical (unpaired) electrons. The van der Waals surface area contributed by atoms with E-state index in [9.17, 15) is 0 Å². The van der Waals surface area contributed by atoms with Crippen molar-refractivity contribution >= 4 is 21.8 Å². The van der Waals surface area contributed by atoms with Crippen LogP contribution >= 0.6 is 0 Å². The Labute approximate surface area is 395 Å². The standard InChI is InChI=1S/C62H58N4O/c1-60(2,3)47-36-45(37-48(38-47)61(4,5)6)53-27-18-26-52(44-19-11-9-12-20-44)59(53)65-34-33-64(42-65)49-23-17-24-50(39-49)67-51-29-30-55-54-25-15-16-28-56(54)66(57(55)40-51)58-35-43(31-32-63-58)41-62(7,8)46-21-13-10-14-22-46/h9-40H,41H2,1-8H3. The zero-order valence-corrected chi connectivity index (χ0v) is 39.9. The maximum absolute atomic E-state index is 6.73. The average Bonchev–Trinajstić information content (AvgIpc) is 3.95. The minimum absolute atomic E-state index is 0.0172. The number of hydrogen-bond acceptors (Lipinski definition) is 2. The van der Waals surface area contributed by atoms with Gasteiger partial charge in [-0.05, 0) is 116 Å². The van der Waals surface area contributed by atoms with Crippen LogP contribution in [0, 0.1) is 6.33 Å². The molecule has 0 saturated heterocycles. The van der Waals surface area contributed by atoms with Crippen LogP contribution in [-0.4, -0.2) is 14.1 Å². The van der Waals surface area contributed by atoms with Gasteiger partial charge >= 0.3 is 0 Å². The molecular weight excluding hydrogens is 817 g/mol. The van der Waals surface area contributed by atoms with E-state index in [1.54, 1.807) is 0 Å². The minimum atomic E-state index is -0.0420. The molecule has 7 aromatic carbocycles. The Morgan fingerprint density at radius 2 is 1.18 bits per heavy atom. The highest BCUT2D eigenvalue weighted by Gasteiger charge is 2.25. The lowest BCUT2D eigenvalue weighted by Gasteiger charge is -2.27. The molecule has 0 aliphatic heterocycles. The van der Waals surface area contributed by atoms with Gasteiger partial charge in [-0.1, -0.05) is 177 Å². The quantitative estimate of drug-likeness (QED) is 0.101. The second-order valence-corrected chi connectivity index (χ2v) is 20.6. The first-order valence-corrected chi connectivity index (χ1v) is 23.4. The van der Waals surface area contributed by atoms with E-state index in [1.807, 2.05) is 22.9 Å². The van der Waals surface area contributed by atoms with Gasteiger partial charge < -0.3 is 4.74 Å². The molecular formula is C62H58N4O. The largest absolute Gasteiger partial charge is 0.458 e. The van der Waals surface area contributed by atoms with Crippen molar-refractivity contribution in [1.29, 1.82) is 0 Å². The second kappa shape index (κ2) is 17.1. The van der Waals surface area contributed by atoms with E-state index in [1.165, 1.54) is 33.2 Å². The zero-order valence-electron chi connectivity index (χ0n) is 39.9. The van der Waals surface area contributed by atoms with Crippen LogP contribution in [-0.2, 0) is 22.7 Å². The van der Waals surface area contributed by atoms with Gasteiger partial charge in [-0.25, -0.2) is 4.98 Å². The number of fused-ring (bicyclic) bond motifs is 3. The summed E-state index contributed by atoms with van der Waals surface area (Å²) in [7, 11) is 0. The maximum Gasteiger partial charge on any atom is 0.268 e. The molecule has 0 aliphatic rings. The Morgan fingerprint density at radius 1 is 0.537 bits per heavy atom.